The van der Waals surface area contributed by atoms with Gasteiger partial charge in [-0.2, -0.15) is 0 Å². The number of rotatable bonds is 2. The van der Waals surface area contributed by atoms with E-state index in [4.69, 9.17) is 36.0 Å². The third-order valence-electron chi connectivity index (χ3n) is 14.1. The molecule has 0 amide bonds. The minimum Gasteiger partial charge on any atom is -0.487 e. The van der Waals surface area contributed by atoms with Gasteiger partial charge in [0.15, 0.2) is 21.3 Å². The summed E-state index contributed by atoms with van der Waals surface area (Å²) in [5.41, 5.74) is 6.77. The minimum atomic E-state index is 0.770. The van der Waals surface area contributed by atoms with Gasteiger partial charge < -0.3 is 36.0 Å². The third-order valence-corrected chi connectivity index (χ3v) is 21.5. The Hall–Kier alpha value is -7.30. The number of furan rings is 6. The molecule has 0 N–H and O–H groups in total. The molecule has 0 radical (unpaired) electrons. The highest BCUT2D eigenvalue weighted by Gasteiger charge is 2.23. The van der Waals surface area contributed by atoms with E-state index < -0.39 is 0 Å². The molecule has 18 rings (SSSR count). The van der Waals surface area contributed by atoms with Gasteiger partial charge in [-0.1, -0.05) is 34.8 Å². The molecule has 0 spiro atoms. The van der Waals surface area contributed by atoms with E-state index >= 15 is 0 Å². The first-order valence-corrected chi connectivity index (χ1v) is 28.7. The lowest BCUT2D eigenvalue weighted by molar-refractivity contribution is 0.427. The van der Waals surface area contributed by atoms with Crippen molar-refractivity contribution in [3.63, 3.8) is 0 Å². The molecule has 74 heavy (non-hydrogen) atoms. The molecular formula is C60H36O8S6. The van der Waals surface area contributed by atoms with E-state index in [1.807, 2.05) is 109 Å². The van der Waals surface area contributed by atoms with Crippen molar-refractivity contribution < 1.29 is 36.0 Å². The molecule has 0 aliphatic carbocycles. The highest BCUT2D eigenvalue weighted by molar-refractivity contribution is 7.38. The molecule has 360 valence electrons. The van der Waals surface area contributed by atoms with E-state index in [0.29, 0.717) is 0 Å². The van der Waals surface area contributed by atoms with Crippen LogP contribution in [-0.4, -0.2) is 14.2 Å². The van der Waals surface area contributed by atoms with E-state index in [9.17, 15) is 0 Å². The number of ether oxygens (including phenoxy) is 2. The van der Waals surface area contributed by atoms with Crippen molar-refractivity contribution in [1.82, 2.24) is 0 Å². The summed E-state index contributed by atoms with van der Waals surface area (Å²) in [7, 11) is 3.48. The summed E-state index contributed by atoms with van der Waals surface area (Å²) in [6, 6.07) is 38.1. The lowest BCUT2D eigenvalue weighted by Crippen LogP contribution is -1.73. The standard InChI is InChI=1S/C20H12O4.C20H12O2S4.C20H12O2S2/c1-9-7-13-15(21-9)5-3-11-17(13)23-20-12-4-6-16-14(8-10(2)22-16)18(12)24-19(11)20;1-21-15-7-11-13(23-15)5-3-9-17(11)25-20-10-4-6-14-12(8-16(22-2)24-14)18(10)26-19(9)20;1-9-7-13-15(21-9)5-3-11-17(13)23-20-12-4-6-16-14(8-10(2)22-16)18(12)24-19(11)20/h3-8H,1-2H3;3-8H,1-2H3;3-8H,1-2H3. The van der Waals surface area contributed by atoms with Gasteiger partial charge in [-0.25, -0.2) is 0 Å². The maximum atomic E-state index is 6.20. The Morgan fingerprint density at radius 1 is 0.270 bits per heavy atom. The Labute approximate surface area is 441 Å². The molecule has 0 bridgehead atoms. The van der Waals surface area contributed by atoms with Gasteiger partial charge in [0.05, 0.1) is 54.6 Å². The van der Waals surface area contributed by atoms with Crippen LogP contribution in [-0.2, 0) is 0 Å². The molecule has 0 saturated heterocycles. The molecule has 0 fully saturated rings. The molecule has 0 atom stereocenters. The van der Waals surface area contributed by atoms with Crippen molar-refractivity contribution in [3.8, 4) is 10.1 Å². The predicted molar refractivity (Wildman–Crippen MR) is 315 cm³/mol. The van der Waals surface area contributed by atoms with Gasteiger partial charge in [0.25, 0.3) is 0 Å². The number of aryl methyl sites for hydroxylation is 4. The van der Waals surface area contributed by atoms with Crippen LogP contribution in [0, 0.1) is 27.7 Å². The van der Waals surface area contributed by atoms with Crippen molar-refractivity contribution in [2.24, 2.45) is 0 Å². The number of methoxy groups -OCH3 is 2. The Morgan fingerprint density at radius 3 is 0.946 bits per heavy atom. The molecule has 8 nitrogen and oxygen atoms in total. The van der Waals surface area contributed by atoms with Gasteiger partial charge in [-0.15, -0.1) is 45.3 Å². The van der Waals surface area contributed by atoms with Crippen molar-refractivity contribution in [2.75, 3.05) is 14.2 Å². The zero-order valence-corrected chi connectivity index (χ0v) is 45.0. The average molecular weight is 1080 g/mol. The summed E-state index contributed by atoms with van der Waals surface area (Å²) in [4.78, 5) is 0. The largest absolute Gasteiger partial charge is 0.487 e. The highest BCUT2D eigenvalue weighted by atomic mass is 32.1. The van der Waals surface area contributed by atoms with E-state index in [1.165, 1.54) is 90.1 Å². The maximum Gasteiger partial charge on any atom is 0.181 e. The van der Waals surface area contributed by atoms with Gasteiger partial charge in [-0.3, -0.25) is 0 Å². The monoisotopic (exact) mass is 1080 g/mol. The summed E-state index contributed by atoms with van der Waals surface area (Å²) in [6.07, 6.45) is 0. The van der Waals surface area contributed by atoms with Crippen LogP contribution in [0.5, 0.6) is 10.1 Å². The maximum absolute atomic E-state index is 6.20. The normalized spacial score (nSPS) is 12.5. The molecule has 6 aromatic carbocycles. The second-order valence-electron chi connectivity index (χ2n) is 18.7. The Bertz CT molecular complexity index is 4810. The summed E-state index contributed by atoms with van der Waals surface area (Å²) in [6.45, 7) is 7.89. The first kappa shape index (κ1) is 43.1. The summed E-state index contributed by atoms with van der Waals surface area (Å²) in [5.74, 6) is 3.67. The number of thiophene rings is 6. The molecular weight excluding hydrogens is 1040 g/mol. The molecule has 0 unspecified atom stereocenters. The second kappa shape index (κ2) is 15.6. The van der Waals surface area contributed by atoms with Crippen LogP contribution < -0.4 is 9.47 Å². The quantitative estimate of drug-likeness (QED) is 0.169. The van der Waals surface area contributed by atoms with Crippen LogP contribution >= 0.6 is 68.0 Å². The summed E-state index contributed by atoms with van der Waals surface area (Å²) < 4.78 is 59.8. The Kier molecular flexibility index (Phi) is 9.10. The number of hydrogen-bond donors (Lipinski definition) is 0. The molecule has 18 aromatic rings. The molecule has 0 saturated carbocycles. The number of fused-ring (bicyclic) bond motifs is 27. The molecule has 0 aliphatic rings. The predicted octanol–water partition coefficient (Wildman–Crippen LogP) is 21.5. The summed E-state index contributed by atoms with van der Waals surface area (Å²) >= 11 is 11.0. The Morgan fingerprint density at radius 2 is 0.581 bits per heavy atom. The van der Waals surface area contributed by atoms with Crippen LogP contribution in [0.15, 0.2) is 136 Å². The van der Waals surface area contributed by atoms with Gasteiger partial charge in [-0.05, 0) is 113 Å². The van der Waals surface area contributed by atoms with Crippen LogP contribution in [0.2, 0.25) is 0 Å². The third kappa shape index (κ3) is 6.14. The van der Waals surface area contributed by atoms with Gasteiger partial charge in [0.1, 0.15) is 56.5 Å². The average Bonchev–Trinajstić information content (AvgIpc) is 4.28. The molecule has 12 heterocycles. The van der Waals surface area contributed by atoms with Gasteiger partial charge >= 0.3 is 0 Å². The second-order valence-corrected chi connectivity index (χ2v) is 24.9. The van der Waals surface area contributed by atoms with Crippen molar-refractivity contribution in [3.05, 3.63) is 132 Å². The fraction of sp³-hybridized carbons (Fsp3) is 0.100. The van der Waals surface area contributed by atoms with E-state index in [1.54, 1.807) is 36.9 Å². The highest BCUT2D eigenvalue weighted by Crippen LogP contribution is 2.52. The van der Waals surface area contributed by atoms with E-state index in [0.717, 1.165) is 99.4 Å². The fourth-order valence-electron chi connectivity index (χ4n) is 10.9. The van der Waals surface area contributed by atoms with Crippen molar-refractivity contribution in [1.29, 1.82) is 0 Å². The molecule has 14 heteroatoms. The first-order chi connectivity index (χ1) is 36.1. The number of hydrogen-bond acceptors (Lipinski definition) is 14. The SMILES string of the molecule is COc1cc2c(ccc3c2sc2c4ccc5sc(OC)cc5c4sc32)s1.Cc1cc2c(ccc3c2oc2c4ccc5oc(C)cc5c4oc32)o1.Cc1cc2c(ccc3c2sc2c4ccc5oc(C)cc5c4sc32)o1. The van der Waals surface area contributed by atoms with Crippen molar-refractivity contribution in [2.45, 2.75) is 27.7 Å². The van der Waals surface area contributed by atoms with Crippen LogP contribution in [0.3, 0.4) is 0 Å². The Balaban J connectivity index is 0.0000000945. The lowest BCUT2D eigenvalue weighted by Gasteiger charge is -1.93. The van der Waals surface area contributed by atoms with Gasteiger partial charge in [0.2, 0.25) is 0 Å². The first-order valence-electron chi connectivity index (χ1n) is 23.8. The zero-order valence-electron chi connectivity index (χ0n) is 40.1. The summed E-state index contributed by atoms with van der Waals surface area (Å²) in [5, 5.41) is 16.3. The van der Waals surface area contributed by atoms with E-state index in [2.05, 4.69) is 72.8 Å². The lowest BCUT2D eigenvalue weighted by atomic mass is 10.1. The van der Waals surface area contributed by atoms with Crippen molar-refractivity contribution >= 4 is 224 Å². The molecule has 0 aliphatic heterocycles. The van der Waals surface area contributed by atoms with Crippen LogP contribution in [0.1, 0.15) is 23.0 Å². The zero-order chi connectivity index (χ0) is 49.4. The van der Waals surface area contributed by atoms with Crippen LogP contribution in [0.25, 0.3) is 156 Å². The smallest absolute Gasteiger partial charge is 0.181 e. The van der Waals surface area contributed by atoms with Crippen LogP contribution in [0.4, 0.5) is 0 Å². The molecule has 12 aromatic heterocycles. The number of benzene rings is 6. The van der Waals surface area contributed by atoms with Gasteiger partial charge in [0, 0.05) is 83.4 Å². The minimum absolute atomic E-state index is 0.770. The topological polar surface area (TPSA) is 97.3 Å². The fourth-order valence-corrected chi connectivity index (χ4v) is 18.5. The van der Waals surface area contributed by atoms with E-state index in [-0.39, 0.29) is 0 Å².